The fourth-order valence-electron chi connectivity index (χ4n) is 1.41. The van der Waals surface area contributed by atoms with E-state index in [0.29, 0.717) is 17.3 Å². The maximum absolute atomic E-state index is 5.84. The number of ether oxygens (including phenoxy) is 1. The second-order valence-electron chi connectivity index (χ2n) is 3.59. The van der Waals surface area contributed by atoms with E-state index < -0.39 is 0 Å². The zero-order valence-corrected chi connectivity index (χ0v) is 9.27. The fourth-order valence-corrected chi connectivity index (χ4v) is 1.41. The Morgan fingerprint density at radius 1 is 1.19 bits per heavy atom. The van der Waals surface area contributed by atoms with Crippen LogP contribution in [-0.2, 0) is 0 Å². The van der Waals surface area contributed by atoms with Crippen molar-refractivity contribution in [3.63, 3.8) is 0 Å². The minimum atomic E-state index is 0.508. The smallest absolute Gasteiger partial charge is 0.222 e. The summed E-state index contributed by atoms with van der Waals surface area (Å²) in [4.78, 5) is 8.03. The van der Waals surface area contributed by atoms with E-state index in [9.17, 15) is 0 Å². The molecule has 0 saturated carbocycles. The number of hydrogen-bond acceptors (Lipinski definition) is 4. The molecule has 0 spiro atoms. The van der Waals surface area contributed by atoms with Crippen molar-refractivity contribution in [1.82, 2.24) is 9.97 Å². The molecule has 2 aromatic rings. The first-order valence-electron chi connectivity index (χ1n) is 4.98. The van der Waals surface area contributed by atoms with Crippen LogP contribution in [0.15, 0.2) is 30.6 Å². The lowest BCUT2D eigenvalue weighted by Gasteiger charge is -2.10. The Kier molecular flexibility index (Phi) is 2.72. The number of nitrogens with two attached hydrogens (primary N) is 1. The Hall–Kier alpha value is -2.10. The Bertz CT molecular complexity index is 491. The van der Waals surface area contributed by atoms with Crippen molar-refractivity contribution in [2.24, 2.45) is 0 Å². The maximum Gasteiger partial charge on any atom is 0.222 e. The Balaban J connectivity index is 2.34. The summed E-state index contributed by atoms with van der Waals surface area (Å²) < 4.78 is 5.64. The summed E-state index contributed by atoms with van der Waals surface area (Å²) in [7, 11) is 0. The van der Waals surface area contributed by atoms with Crippen LogP contribution in [0, 0.1) is 13.8 Å². The second-order valence-corrected chi connectivity index (χ2v) is 3.59. The van der Waals surface area contributed by atoms with Gasteiger partial charge in [0.05, 0.1) is 5.69 Å². The van der Waals surface area contributed by atoms with Crippen LogP contribution in [0.4, 0.5) is 5.69 Å². The summed E-state index contributed by atoms with van der Waals surface area (Å²) in [6.45, 7) is 3.83. The van der Waals surface area contributed by atoms with E-state index in [-0.39, 0.29) is 0 Å². The third kappa shape index (κ3) is 2.11. The average Bonchev–Trinajstić information content (AvgIpc) is 2.24. The third-order valence-corrected chi connectivity index (χ3v) is 2.23. The zero-order valence-electron chi connectivity index (χ0n) is 9.27. The number of nitrogens with zero attached hydrogens (tertiary/aromatic N) is 2. The summed E-state index contributed by atoms with van der Waals surface area (Å²) >= 11 is 0. The monoisotopic (exact) mass is 215 g/mol. The van der Waals surface area contributed by atoms with Crippen molar-refractivity contribution in [1.29, 1.82) is 0 Å². The minimum Gasteiger partial charge on any atom is -0.436 e. The van der Waals surface area contributed by atoms with Crippen LogP contribution in [0.3, 0.4) is 0 Å². The molecule has 0 radical (unpaired) electrons. The molecule has 2 N–H and O–H groups in total. The molecule has 0 saturated heterocycles. The number of rotatable bonds is 2. The van der Waals surface area contributed by atoms with Gasteiger partial charge < -0.3 is 10.5 Å². The van der Waals surface area contributed by atoms with Crippen LogP contribution in [0.2, 0.25) is 0 Å². The Labute approximate surface area is 94.1 Å². The molecule has 0 fully saturated rings. The number of aromatic nitrogens is 2. The Morgan fingerprint density at radius 2 is 2.00 bits per heavy atom. The van der Waals surface area contributed by atoms with E-state index in [0.717, 1.165) is 11.3 Å². The molecule has 0 bridgehead atoms. The van der Waals surface area contributed by atoms with Gasteiger partial charge in [-0.05, 0) is 25.5 Å². The second kappa shape index (κ2) is 4.18. The molecule has 4 nitrogen and oxygen atoms in total. The highest BCUT2D eigenvalue weighted by Gasteiger charge is 2.06. The molecule has 82 valence electrons. The summed E-state index contributed by atoms with van der Waals surface area (Å²) in [6.07, 6.45) is 1.47. The van der Waals surface area contributed by atoms with Gasteiger partial charge in [-0.2, -0.15) is 0 Å². The van der Waals surface area contributed by atoms with E-state index in [1.807, 2.05) is 26.0 Å². The molecular weight excluding hydrogens is 202 g/mol. The van der Waals surface area contributed by atoms with Gasteiger partial charge in [-0.1, -0.05) is 12.1 Å². The largest absolute Gasteiger partial charge is 0.436 e. The van der Waals surface area contributed by atoms with Crippen LogP contribution >= 0.6 is 0 Å². The minimum absolute atomic E-state index is 0.508. The van der Waals surface area contributed by atoms with E-state index >= 15 is 0 Å². The van der Waals surface area contributed by atoms with Crippen LogP contribution in [0.25, 0.3) is 0 Å². The fraction of sp³-hybridized carbons (Fsp3) is 0.167. The van der Waals surface area contributed by atoms with Crippen molar-refractivity contribution in [2.45, 2.75) is 13.8 Å². The number of anilines is 1. The van der Waals surface area contributed by atoms with Gasteiger partial charge in [-0.3, -0.25) is 0 Å². The topological polar surface area (TPSA) is 61.0 Å². The lowest BCUT2D eigenvalue weighted by molar-refractivity contribution is 0.459. The van der Waals surface area contributed by atoms with Crippen molar-refractivity contribution in [2.75, 3.05) is 5.73 Å². The molecule has 0 aliphatic rings. The van der Waals surface area contributed by atoms with Gasteiger partial charge in [0.15, 0.2) is 5.75 Å². The molecular formula is C12H13N3O. The third-order valence-electron chi connectivity index (χ3n) is 2.23. The number of para-hydroxylation sites is 1. The first-order valence-corrected chi connectivity index (χ1v) is 4.98. The molecule has 0 aliphatic heterocycles. The SMILES string of the molecule is Cc1cc(Oc2c(C)cccc2N)ncn1. The highest BCUT2D eigenvalue weighted by Crippen LogP contribution is 2.29. The van der Waals surface area contributed by atoms with E-state index in [1.165, 1.54) is 6.33 Å². The quantitative estimate of drug-likeness (QED) is 0.782. The van der Waals surface area contributed by atoms with Gasteiger partial charge >= 0.3 is 0 Å². The molecule has 4 heteroatoms. The standard InChI is InChI=1S/C12H13N3O/c1-8-4-3-5-10(13)12(8)16-11-6-9(2)14-7-15-11/h3-7H,13H2,1-2H3. The maximum atomic E-state index is 5.84. The van der Waals surface area contributed by atoms with Crippen molar-refractivity contribution in [3.8, 4) is 11.6 Å². The number of hydrogen-bond donors (Lipinski definition) is 1. The lowest BCUT2D eigenvalue weighted by atomic mass is 10.2. The molecule has 2 rings (SSSR count). The molecule has 1 aromatic carbocycles. The summed E-state index contributed by atoms with van der Waals surface area (Å²) in [6, 6.07) is 7.41. The molecule has 0 aliphatic carbocycles. The van der Waals surface area contributed by atoms with Crippen LogP contribution < -0.4 is 10.5 Å². The normalized spacial score (nSPS) is 10.1. The number of benzene rings is 1. The van der Waals surface area contributed by atoms with E-state index in [2.05, 4.69) is 9.97 Å². The summed E-state index contributed by atoms with van der Waals surface area (Å²) in [5.74, 6) is 1.16. The first kappa shape index (κ1) is 10.4. The highest BCUT2D eigenvalue weighted by atomic mass is 16.5. The Morgan fingerprint density at radius 3 is 2.69 bits per heavy atom. The van der Waals surface area contributed by atoms with Gasteiger partial charge in [-0.15, -0.1) is 0 Å². The van der Waals surface area contributed by atoms with Gasteiger partial charge in [0, 0.05) is 11.8 Å². The van der Waals surface area contributed by atoms with Crippen LogP contribution in [0.5, 0.6) is 11.6 Å². The van der Waals surface area contributed by atoms with Crippen molar-refractivity contribution in [3.05, 3.63) is 41.9 Å². The van der Waals surface area contributed by atoms with Gasteiger partial charge in [0.2, 0.25) is 5.88 Å². The summed E-state index contributed by atoms with van der Waals surface area (Å²) in [5, 5.41) is 0. The molecule has 0 amide bonds. The molecule has 16 heavy (non-hydrogen) atoms. The van der Waals surface area contributed by atoms with Crippen LogP contribution in [0.1, 0.15) is 11.3 Å². The van der Waals surface area contributed by atoms with Crippen molar-refractivity contribution < 1.29 is 4.74 Å². The number of nitrogen functional groups attached to an aromatic ring is 1. The lowest BCUT2D eigenvalue weighted by Crippen LogP contribution is -1.96. The predicted octanol–water partition coefficient (Wildman–Crippen LogP) is 2.47. The van der Waals surface area contributed by atoms with Gasteiger partial charge in [-0.25, -0.2) is 9.97 Å². The first-order chi connectivity index (χ1) is 7.66. The van der Waals surface area contributed by atoms with E-state index in [1.54, 1.807) is 12.1 Å². The average molecular weight is 215 g/mol. The van der Waals surface area contributed by atoms with Gasteiger partial charge in [0.25, 0.3) is 0 Å². The molecule has 1 heterocycles. The number of aryl methyl sites for hydroxylation is 2. The molecule has 0 unspecified atom stereocenters. The predicted molar refractivity (Wildman–Crippen MR) is 62.4 cm³/mol. The van der Waals surface area contributed by atoms with Gasteiger partial charge in [0.1, 0.15) is 6.33 Å². The molecule has 0 atom stereocenters. The zero-order chi connectivity index (χ0) is 11.5. The van der Waals surface area contributed by atoms with Crippen molar-refractivity contribution >= 4 is 5.69 Å². The molecule has 1 aromatic heterocycles. The van der Waals surface area contributed by atoms with Crippen LogP contribution in [-0.4, -0.2) is 9.97 Å². The van der Waals surface area contributed by atoms with E-state index in [4.69, 9.17) is 10.5 Å². The summed E-state index contributed by atoms with van der Waals surface area (Å²) in [5.41, 5.74) is 8.29. The highest BCUT2D eigenvalue weighted by molar-refractivity contribution is 5.57.